The molecule has 0 bridgehead atoms. The van der Waals surface area contributed by atoms with Gasteiger partial charge in [-0.05, 0) is 30.3 Å². The molecule has 0 atom stereocenters. The molecular weight excluding hydrogens is 363 g/mol. The predicted octanol–water partition coefficient (Wildman–Crippen LogP) is 1.88. The number of sulfonamides is 1. The minimum Gasteiger partial charge on any atom is -0.286 e. The van der Waals surface area contributed by atoms with Gasteiger partial charge in [0.1, 0.15) is 9.23 Å². The second-order valence-electron chi connectivity index (χ2n) is 3.71. The van der Waals surface area contributed by atoms with E-state index < -0.39 is 10.0 Å². The molecular formula is C11H8Cl3N2O2S2+. The number of nitrogens with one attached hydrogen (secondary N) is 1. The first-order valence-electron chi connectivity index (χ1n) is 5.15. The summed E-state index contributed by atoms with van der Waals surface area (Å²) >= 11 is 18.3. The topological polar surface area (TPSA) is 74.1 Å². The quantitative estimate of drug-likeness (QED) is 0.640. The Labute approximate surface area is 134 Å². The average Bonchev–Trinajstić information content (AvgIpc) is 2.69. The summed E-state index contributed by atoms with van der Waals surface area (Å²) in [6, 6.07) is 7.68. The van der Waals surface area contributed by atoms with Gasteiger partial charge in [-0.2, -0.15) is 12.8 Å². The molecule has 1 aromatic carbocycles. The van der Waals surface area contributed by atoms with Crippen molar-refractivity contribution in [2.24, 2.45) is 5.73 Å². The summed E-state index contributed by atoms with van der Waals surface area (Å²) in [6.07, 6.45) is 0. The first-order chi connectivity index (χ1) is 9.29. The highest BCUT2D eigenvalue weighted by Gasteiger charge is 2.23. The zero-order valence-electron chi connectivity index (χ0n) is 9.73. The fourth-order valence-electron chi connectivity index (χ4n) is 1.40. The zero-order chi connectivity index (χ0) is 14.9. The molecule has 106 valence electrons. The van der Waals surface area contributed by atoms with Gasteiger partial charge in [0.05, 0.1) is 9.90 Å². The molecule has 0 radical (unpaired) electrons. The van der Waals surface area contributed by atoms with Crippen LogP contribution in [0.15, 0.2) is 35.2 Å². The van der Waals surface area contributed by atoms with E-state index in [4.69, 9.17) is 40.5 Å². The van der Waals surface area contributed by atoms with Crippen LogP contribution in [-0.2, 0) is 10.0 Å². The number of nitrogen functional groups attached to an aromatic ring is 1. The Bertz CT molecular complexity index is 767. The van der Waals surface area contributed by atoms with Crippen LogP contribution >= 0.6 is 46.1 Å². The smallest absolute Gasteiger partial charge is 0.286 e. The van der Waals surface area contributed by atoms with Gasteiger partial charge in [0.25, 0.3) is 5.84 Å². The van der Waals surface area contributed by atoms with Crippen molar-refractivity contribution in [2.75, 3.05) is 0 Å². The number of nitrogens with two attached hydrogens (primary N) is 1. The van der Waals surface area contributed by atoms with E-state index in [-0.39, 0.29) is 19.4 Å². The highest BCUT2D eigenvalue weighted by atomic mass is 35.5. The van der Waals surface area contributed by atoms with Crippen LogP contribution in [-0.4, -0.2) is 14.3 Å². The van der Waals surface area contributed by atoms with Crippen LogP contribution in [0.2, 0.25) is 13.7 Å². The molecule has 9 heteroatoms. The van der Waals surface area contributed by atoms with Crippen molar-refractivity contribution in [3.8, 4) is 0 Å². The van der Waals surface area contributed by atoms with Crippen LogP contribution < -0.4 is 10.1 Å². The standard InChI is InChI=1S/C11H7Cl3N2O2S2/c12-7-3-1-6(2-4-7)11(15)16-20(17,18)8-5-9(13)19-10(8)14/h1-5H,(H2,15,16)/p+1. The molecule has 0 amide bonds. The molecule has 1 aromatic heterocycles. The molecule has 0 aliphatic heterocycles. The molecule has 0 saturated carbocycles. The van der Waals surface area contributed by atoms with Crippen molar-refractivity contribution >= 4 is 62.0 Å². The van der Waals surface area contributed by atoms with Crippen LogP contribution in [0.1, 0.15) is 5.56 Å². The first-order valence-corrected chi connectivity index (χ1v) is 8.59. The molecule has 0 aliphatic rings. The number of hydrogen-bond donors (Lipinski definition) is 2. The molecule has 1 heterocycles. The molecule has 3 N–H and O–H groups in total. The monoisotopic (exact) mass is 369 g/mol. The van der Waals surface area contributed by atoms with E-state index >= 15 is 0 Å². The molecule has 0 fully saturated rings. The summed E-state index contributed by atoms with van der Waals surface area (Å²) < 4.78 is 26.9. The Morgan fingerprint density at radius 3 is 2.25 bits per heavy atom. The van der Waals surface area contributed by atoms with E-state index in [0.29, 0.717) is 10.6 Å². The third kappa shape index (κ3) is 3.45. The molecule has 0 unspecified atom stereocenters. The van der Waals surface area contributed by atoms with Crippen molar-refractivity contribution in [3.05, 3.63) is 49.6 Å². The van der Waals surface area contributed by atoms with Crippen LogP contribution in [0.25, 0.3) is 0 Å². The van der Waals surface area contributed by atoms with Crippen molar-refractivity contribution in [2.45, 2.75) is 4.90 Å². The number of halogens is 3. The second kappa shape index (κ2) is 5.91. The maximum atomic E-state index is 12.1. The zero-order valence-corrected chi connectivity index (χ0v) is 13.6. The third-order valence-corrected chi connectivity index (χ3v) is 5.68. The third-order valence-electron chi connectivity index (χ3n) is 2.31. The fraction of sp³-hybridized carbons (Fsp3) is 0. The number of thiophene rings is 1. The lowest BCUT2D eigenvalue weighted by Crippen LogP contribution is -2.78. The van der Waals surface area contributed by atoms with Crippen LogP contribution in [0.4, 0.5) is 0 Å². The minimum absolute atomic E-state index is 0.0277. The van der Waals surface area contributed by atoms with E-state index in [1.165, 1.54) is 6.07 Å². The molecule has 4 nitrogen and oxygen atoms in total. The molecule has 0 spiro atoms. The van der Waals surface area contributed by atoms with Crippen molar-refractivity contribution in [3.63, 3.8) is 0 Å². The lowest BCUT2D eigenvalue weighted by atomic mass is 10.2. The fourth-order valence-corrected chi connectivity index (χ4v) is 4.69. The average molecular weight is 371 g/mol. The first kappa shape index (κ1) is 15.6. The van der Waals surface area contributed by atoms with Gasteiger partial charge in [-0.1, -0.05) is 34.8 Å². The maximum Gasteiger partial charge on any atom is 0.331 e. The summed E-state index contributed by atoms with van der Waals surface area (Å²) in [5.74, 6) is -0.0277. The Kier molecular flexibility index (Phi) is 4.61. The lowest BCUT2D eigenvalue weighted by molar-refractivity contribution is -0.267. The molecule has 0 saturated heterocycles. The van der Waals surface area contributed by atoms with Crippen molar-refractivity contribution < 1.29 is 12.8 Å². The predicted molar refractivity (Wildman–Crippen MR) is 82.2 cm³/mol. The van der Waals surface area contributed by atoms with Gasteiger partial charge in [-0.15, -0.1) is 11.3 Å². The molecule has 20 heavy (non-hydrogen) atoms. The van der Waals surface area contributed by atoms with Gasteiger partial charge in [0.15, 0.2) is 0 Å². The Hall–Kier alpha value is -0.790. The number of hydrogen-bond acceptors (Lipinski definition) is 3. The van der Waals surface area contributed by atoms with E-state index in [2.05, 4.69) is 4.40 Å². The molecule has 2 aromatic rings. The summed E-state index contributed by atoms with van der Waals surface area (Å²) in [5, 5.41) is 0.525. The number of rotatable bonds is 3. The SMILES string of the molecule is NC(=[NH+]S(=O)(=O)c1cc(Cl)sc1Cl)c1ccc(Cl)cc1. The summed E-state index contributed by atoms with van der Waals surface area (Å²) in [6.45, 7) is 0. The summed E-state index contributed by atoms with van der Waals surface area (Å²) in [4.78, 5) is -0.105. The molecule has 2 rings (SSSR count). The second-order valence-corrected chi connectivity index (χ2v) is 8.09. The normalized spacial score (nSPS) is 12.7. The van der Waals surface area contributed by atoms with E-state index in [9.17, 15) is 8.42 Å². The van der Waals surface area contributed by atoms with Crippen LogP contribution in [0.3, 0.4) is 0 Å². The Morgan fingerprint density at radius 2 is 1.75 bits per heavy atom. The Balaban J connectivity index is 2.43. The highest BCUT2D eigenvalue weighted by Crippen LogP contribution is 2.33. The number of benzene rings is 1. The van der Waals surface area contributed by atoms with Crippen LogP contribution in [0, 0.1) is 0 Å². The van der Waals surface area contributed by atoms with E-state index in [0.717, 1.165) is 11.3 Å². The minimum atomic E-state index is -3.88. The van der Waals surface area contributed by atoms with E-state index in [1.54, 1.807) is 24.3 Å². The van der Waals surface area contributed by atoms with Crippen molar-refractivity contribution in [1.29, 1.82) is 0 Å². The summed E-state index contributed by atoms with van der Waals surface area (Å²) in [5.41, 5.74) is 6.23. The van der Waals surface area contributed by atoms with Gasteiger partial charge in [-0.3, -0.25) is 5.73 Å². The molecule has 0 aliphatic carbocycles. The van der Waals surface area contributed by atoms with Gasteiger partial charge in [-0.25, -0.2) is 0 Å². The maximum absolute atomic E-state index is 12.1. The summed E-state index contributed by atoms with van der Waals surface area (Å²) in [7, 11) is -3.88. The van der Waals surface area contributed by atoms with Gasteiger partial charge < -0.3 is 0 Å². The Morgan fingerprint density at radius 1 is 1.15 bits per heavy atom. The highest BCUT2D eigenvalue weighted by molar-refractivity contribution is 7.85. The van der Waals surface area contributed by atoms with Gasteiger partial charge in [0.2, 0.25) is 0 Å². The van der Waals surface area contributed by atoms with Crippen LogP contribution in [0.5, 0.6) is 0 Å². The lowest BCUT2D eigenvalue weighted by Gasteiger charge is -1.97. The number of amidine groups is 1. The van der Waals surface area contributed by atoms with Gasteiger partial charge in [0, 0.05) is 5.02 Å². The largest absolute Gasteiger partial charge is 0.331 e. The van der Waals surface area contributed by atoms with Crippen molar-refractivity contribution in [1.82, 2.24) is 0 Å². The van der Waals surface area contributed by atoms with Gasteiger partial charge >= 0.3 is 10.0 Å². The van der Waals surface area contributed by atoms with E-state index in [1.807, 2.05) is 0 Å².